The molecule has 16 heavy (non-hydrogen) atoms. The molecule has 0 radical (unpaired) electrons. The summed E-state index contributed by atoms with van der Waals surface area (Å²) >= 11 is 0. The lowest BCUT2D eigenvalue weighted by atomic mass is 10.1. The van der Waals surface area contributed by atoms with Crippen LogP contribution in [0.15, 0.2) is 12.1 Å². The molecule has 1 aliphatic heterocycles. The normalized spacial score (nSPS) is 13.6. The summed E-state index contributed by atoms with van der Waals surface area (Å²) in [5, 5.41) is 9.04. The van der Waals surface area contributed by atoms with Crippen LogP contribution in [0.4, 0.5) is 0 Å². The minimum Gasteiger partial charge on any atom is -0.486 e. The first-order valence-corrected chi connectivity index (χ1v) is 4.87. The van der Waals surface area contributed by atoms with Gasteiger partial charge in [0, 0.05) is 7.11 Å². The second-order valence-electron chi connectivity index (χ2n) is 3.39. The Labute approximate surface area is 92.5 Å². The molecule has 1 aromatic carbocycles. The monoisotopic (exact) mass is 224 g/mol. The molecule has 0 aromatic heterocycles. The lowest BCUT2D eigenvalue weighted by molar-refractivity contribution is 0.0690. The summed E-state index contributed by atoms with van der Waals surface area (Å²) in [7, 11) is 1.52. The molecule has 5 heteroatoms. The maximum Gasteiger partial charge on any atom is 0.336 e. The first-order chi connectivity index (χ1) is 7.72. The van der Waals surface area contributed by atoms with Crippen molar-refractivity contribution in [3.05, 3.63) is 23.3 Å². The van der Waals surface area contributed by atoms with Crippen LogP contribution in [-0.4, -0.2) is 31.4 Å². The summed E-state index contributed by atoms with van der Waals surface area (Å²) < 4.78 is 15.6. The van der Waals surface area contributed by atoms with Crippen molar-refractivity contribution in [2.24, 2.45) is 0 Å². The molecule has 1 aromatic rings. The van der Waals surface area contributed by atoms with Gasteiger partial charge in [-0.3, -0.25) is 0 Å². The summed E-state index contributed by atoms with van der Waals surface area (Å²) in [5.41, 5.74) is 0.769. The number of methoxy groups -OCH3 is 1. The molecule has 2 rings (SSSR count). The van der Waals surface area contributed by atoms with Gasteiger partial charge in [-0.2, -0.15) is 0 Å². The topological polar surface area (TPSA) is 65.0 Å². The molecule has 1 aliphatic rings. The highest BCUT2D eigenvalue weighted by Crippen LogP contribution is 2.33. The maximum absolute atomic E-state index is 11.0. The predicted molar refractivity (Wildman–Crippen MR) is 55.1 cm³/mol. The Balaban J connectivity index is 2.45. The largest absolute Gasteiger partial charge is 0.486 e. The molecule has 5 nitrogen and oxygen atoms in total. The fraction of sp³-hybridized carbons (Fsp3) is 0.364. The van der Waals surface area contributed by atoms with Crippen LogP contribution in [0.5, 0.6) is 11.5 Å². The molecular formula is C11H12O5. The van der Waals surface area contributed by atoms with Gasteiger partial charge in [0.25, 0.3) is 0 Å². The quantitative estimate of drug-likeness (QED) is 0.838. The number of hydrogen-bond acceptors (Lipinski definition) is 4. The molecular weight excluding hydrogens is 212 g/mol. The minimum absolute atomic E-state index is 0.186. The molecule has 0 saturated heterocycles. The van der Waals surface area contributed by atoms with E-state index in [9.17, 15) is 4.79 Å². The second-order valence-corrected chi connectivity index (χ2v) is 3.39. The zero-order chi connectivity index (χ0) is 11.5. The predicted octanol–water partition coefficient (Wildman–Crippen LogP) is 1.30. The number of hydrogen-bond donors (Lipinski definition) is 1. The number of carboxylic acid groups (broad SMARTS) is 1. The summed E-state index contributed by atoms with van der Waals surface area (Å²) in [6, 6.07) is 3.13. The summed E-state index contributed by atoms with van der Waals surface area (Å²) in [4.78, 5) is 11.0. The summed E-state index contributed by atoms with van der Waals surface area (Å²) in [6.07, 6.45) is 0. The van der Waals surface area contributed by atoms with Crippen LogP contribution in [0.3, 0.4) is 0 Å². The van der Waals surface area contributed by atoms with Gasteiger partial charge < -0.3 is 19.3 Å². The third kappa shape index (κ3) is 1.94. The van der Waals surface area contributed by atoms with E-state index < -0.39 is 5.97 Å². The van der Waals surface area contributed by atoms with Crippen molar-refractivity contribution < 1.29 is 24.1 Å². The smallest absolute Gasteiger partial charge is 0.336 e. The average molecular weight is 224 g/mol. The molecule has 0 amide bonds. The molecule has 1 heterocycles. The van der Waals surface area contributed by atoms with E-state index >= 15 is 0 Å². The number of benzene rings is 1. The van der Waals surface area contributed by atoms with Gasteiger partial charge in [-0.1, -0.05) is 0 Å². The van der Waals surface area contributed by atoms with Crippen molar-refractivity contribution in [2.45, 2.75) is 6.61 Å². The first-order valence-electron chi connectivity index (χ1n) is 4.87. The van der Waals surface area contributed by atoms with Crippen LogP contribution < -0.4 is 9.47 Å². The van der Waals surface area contributed by atoms with Crippen molar-refractivity contribution in [3.8, 4) is 11.5 Å². The van der Waals surface area contributed by atoms with E-state index in [1.54, 1.807) is 6.07 Å². The zero-order valence-electron chi connectivity index (χ0n) is 8.86. The van der Waals surface area contributed by atoms with E-state index in [2.05, 4.69) is 0 Å². The third-order valence-corrected chi connectivity index (χ3v) is 2.30. The number of ether oxygens (including phenoxy) is 3. The molecule has 0 unspecified atom stereocenters. The van der Waals surface area contributed by atoms with Gasteiger partial charge in [0.15, 0.2) is 11.5 Å². The summed E-state index contributed by atoms with van der Waals surface area (Å²) in [6.45, 7) is 1.15. The molecule has 86 valence electrons. The van der Waals surface area contributed by atoms with Gasteiger partial charge in [-0.25, -0.2) is 4.79 Å². The van der Waals surface area contributed by atoms with Crippen molar-refractivity contribution in [1.82, 2.24) is 0 Å². The van der Waals surface area contributed by atoms with E-state index in [4.69, 9.17) is 19.3 Å². The Morgan fingerprint density at radius 2 is 2.00 bits per heavy atom. The molecule has 0 spiro atoms. The van der Waals surface area contributed by atoms with E-state index in [0.29, 0.717) is 30.3 Å². The zero-order valence-corrected chi connectivity index (χ0v) is 8.86. The molecule has 0 atom stereocenters. The third-order valence-electron chi connectivity index (χ3n) is 2.30. The Hall–Kier alpha value is -1.75. The Morgan fingerprint density at radius 3 is 2.56 bits per heavy atom. The van der Waals surface area contributed by atoms with Gasteiger partial charge in [-0.05, 0) is 17.7 Å². The fourth-order valence-corrected chi connectivity index (χ4v) is 1.60. The SMILES string of the molecule is COCc1cc2c(cc1C(=O)O)OCCO2. The van der Waals surface area contributed by atoms with E-state index in [0.717, 1.165) is 0 Å². The molecule has 0 fully saturated rings. The lowest BCUT2D eigenvalue weighted by Gasteiger charge is -2.20. The van der Waals surface area contributed by atoms with Crippen LogP contribution in [0.1, 0.15) is 15.9 Å². The highest BCUT2D eigenvalue weighted by molar-refractivity contribution is 5.90. The Morgan fingerprint density at radius 1 is 1.38 bits per heavy atom. The van der Waals surface area contributed by atoms with Crippen LogP contribution >= 0.6 is 0 Å². The first kappa shape index (κ1) is 10.8. The molecule has 0 aliphatic carbocycles. The number of fused-ring (bicyclic) bond motifs is 1. The van der Waals surface area contributed by atoms with Gasteiger partial charge >= 0.3 is 5.97 Å². The highest BCUT2D eigenvalue weighted by Gasteiger charge is 2.18. The fourth-order valence-electron chi connectivity index (χ4n) is 1.60. The number of carboxylic acids is 1. The number of aromatic carboxylic acids is 1. The number of rotatable bonds is 3. The highest BCUT2D eigenvalue weighted by atomic mass is 16.6. The van der Waals surface area contributed by atoms with Crippen LogP contribution in [-0.2, 0) is 11.3 Å². The van der Waals surface area contributed by atoms with Crippen molar-refractivity contribution in [1.29, 1.82) is 0 Å². The van der Waals surface area contributed by atoms with Crippen molar-refractivity contribution in [2.75, 3.05) is 20.3 Å². The van der Waals surface area contributed by atoms with E-state index in [1.807, 2.05) is 0 Å². The van der Waals surface area contributed by atoms with E-state index in [1.165, 1.54) is 13.2 Å². The van der Waals surface area contributed by atoms with Gasteiger partial charge in [0.1, 0.15) is 13.2 Å². The van der Waals surface area contributed by atoms with E-state index in [-0.39, 0.29) is 12.2 Å². The minimum atomic E-state index is -0.996. The van der Waals surface area contributed by atoms with Crippen molar-refractivity contribution >= 4 is 5.97 Å². The average Bonchev–Trinajstić information content (AvgIpc) is 2.28. The second kappa shape index (κ2) is 4.40. The standard InChI is InChI=1S/C11H12O5/c1-14-6-7-4-9-10(16-3-2-15-9)5-8(7)11(12)13/h4-5H,2-3,6H2,1H3,(H,12,13). The molecule has 0 bridgehead atoms. The van der Waals surface area contributed by atoms with Crippen molar-refractivity contribution in [3.63, 3.8) is 0 Å². The molecule has 0 saturated carbocycles. The Bertz CT molecular complexity index is 413. The molecule has 1 N–H and O–H groups in total. The van der Waals surface area contributed by atoms with Gasteiger partial charge in [-0.15, -0.1) is 0 Å². The van der Waals surface area contributed by atoms with Crippen LogP contribution in [0, 0.1) is 0 Å². The Kier molecular flexibility index (Phi) is 2.96. The van der Waals surface area contributed by atoms with Crippen LogP contribution in [0.2, 0.25) is 0 Å². The van der Waals surface area contributed by atoms with Crippen LogP contribution in [0.25, 0.3) is 0 Å². The lowest BCUT2D eigenvalue weighted by Crippen LogP contribution is -2.17. The number of carbonyl (C=O) groups is 1. The summed E-state index contributed by atoms with van der Waals surface area (Å²) in [5.74, 6) is 0.0517. The maximum atomic E-state index is 11.0. The van der Waals surface area contributed by atoms with Gasteiger partial charge in [0.05, 0.1) is 12.2 Å². The van der Waals surface area contributed by atoms with Gasteiger partial charge in [0.2, 0.25) is 0 Å².